The highest BCUT2D eigenvalue weighted by molar-refractivity contribution is 7.98. The lowest BCUT2D eigenvalue weighted by Gasteiger charge is -2.26. The minimum atomic E-state index is -0.264. The highest BCUT2D eigenvalue weighted by Gasteiger charge is 2.16. The molecule has 0 aliphatic carbocycles. The summed E-state index contributed by atoms with van der Waals surface area (Å²) in [7, 11) is 1.41. The van der Waals surface area contributed by atoms with Crippen LogP contribution in [0.4, 0.5) is 0 Å². The second-order valence-corrected chi connectivity index (χ2v) is 5.26. The lowest BCUT2D eigenvalue weighted by molar-refractivity contribution is 0.0600. The summed E-state index contributed by atoms with van der Waals surface area (Å²) in [6.07, 6.45) is 0. The average Bonchev–Trinajstić information content (AvgIpc) is 2.32. The summed E-state index contributed by atoms with van der Waals surface area (Å²) in [4.78, 5) is 11.4. The van der Waals surface area contributed by atoms with Gasteiger partial charge in [-0.25, -0.2) is 4.79 Å². The van der Waals surface area contributed by atoms with Crippen molar-refractivity contribution >= 4 is 17.7 Å². The molecule has 0 bridgehead atoms. The number of carbonyl (C=O) groups excluding carboxylic acids is 1. The summed E-state index contributed by atoms with van der Waals surface area (Å²) in [5, 5.41) is 3.27. The third kappa shape index (κ3) is 3.48. The van der Waals surface area contributed by atoms with Crippen molar-refractivity contribution in [2.45, 2.75) is 5.75 Å². The lowest BCUT2D eigenvalue weighted by Crippen LogP contribution is -2.43. The van der Waals surface area contributed by atoms with Crippen LogP contribution in [0.5, 0.6) is 0 Å². The predicted molar refractivity (Wildman–Crippen MR) is 70.3 cm³/mol. The Bertz CT molecular complexity index is 391. The van der Waals surface area contributed by atoms with Crippen LogP contribution >= 0.6 is 11.8 Å². The van der Waals surface area contributed by atoms with Crippen LogP contribution in [0, 0.1) is 5.92 Å². The quantitative estimate of drug-likeness (QED) is 0.812. The van der Waals surface area contributed by atoms with E-state index in [4.69, 9.17) is 4.74 Å². The van der Waals surface area contributed by atoms with Crippen LogP contribution in [0.1, 0.15) is 15.9 Å². The molecule has 0 radical (unpaired) electrons. The zero-order valence-corrected chi connectivity index (χ0v) is 10.8. The van der Waals surface area contributed by atoms with Crippen LogP contribution in [-0.2, 0) is 10.5 Å². The average molecular weight is 251 g/mol. The molecule has 4 heteroatoms. The Kier molecular flexibility index (Phi) is 4.45. The van der Waals surface area contributed by atoms with Crippen LogP contribution < -0.4 is 5.32 Å². The Morgan fingerprint density at radius 3 is 3.00 bits per heavy atom. The van der Waals surface area contributed by atoms with E-state index in [0.29, 0.717) is 5.56 Å². The van der Waals surface area contributed by atoms with Gasteiger partial charge in [0.2, 0.25) is 0 Å². The zero-order chi connectivity index (χ0) is 12.1. The van der Waals surface area contributed by atoms with Crippen molar-refractivity contribution in [3.63, 3.8) is 0 Å². The van der Waals surface area contributed by atoms with Crippen molar-refractivity contribution in [1.82, 2.24) is 5.32 Å². The fraction of sp³-hybridized carbons (Fsp3) is 0.462. The molecule has 1 aromatic carbocycles. The van der Waals surface area contributed by atoms with Gasteiger partial charge in [0.15, 0.2) is 0 Å². The molecule has 1 heterocycles. The molecule has 1 aromatic rings. The second kappa shape index (κ2) is 6.07. The minimum Gasteiger partial charge on any atom is -0.465 e. The van der Waals surface area contributed by atoms with Crippen LogP contribution in [0.15, 0.2) is 24.3 Å². The Balaban J connectivity index is 1.84. The summed E-state index contributed by atoms with van der Waals surface area (Å²) in [5.41, 5.74) is 1.82. The zero-order valence-electron chi connectivity index (χ0n) is 9.94. The van der Waals surface area contributed by atoms with Crippen molar-refractivity contribution in [1.29, 1.82) is 0 Å². The van der Waals surface area contributed by atoms with E-state index < -0.39 is 0 Å². The molecular formula is C13H17NO2S. The van der Waals surface area contributed by atoms with Crippen LogP contribution in [0.3, 0.4) is 0 Å². The van der Waals surface area contributed by atoms with Crippen molar-refractivity contribution < 1.29 is 9.53 Å². The van der Waals surface area contributed by atoms with E-state index in [1.165, 1.54) is 18.4 Å². The number of ether oxygens (including phenoxy) is 1. The lowest BCUT2D eigenvalue weighted by atomic mass is 10.1. The number of thioether (sulfide) groups is 1. The number of carbonyl (C=O) groups is 1. The maximum absolute atomic E-state index is 11.4. The largest absolute Gasteiger partial charge is 0.465 e. The molecule has 17 heavy (non-hydrogen) atoms. The molecule has 0 atom stereocenters. The van der Waals surface area contributed by atoms with Gasteiger partial charge in [-0.15, -0.1) is 0 Å². The van der Waals surface area contributed by atoms with Gasteiger partial charge in [0.1, 0.15) is 0 Å². The van der Waals surface area contributed by atoms with Gasteiger partial charge in [-0.2, -0.15) is 11.8 Å². The first-order chi connectivity index (χ1) is 8.29. The van der Waals surface area contributed by atoms with Crippen LogP contribution in [-0.4, -0.2) is 31.9 Å². The van der Waals surface area contributed by atoms with Gasteiger partial charge >= 0.3 is 5.97 Å². The van der Waals surface area contributed by atoms with Gasteiger partial charge in [-0.05, 0) is 42.5 Å². The molecule has 1 N–H and O–H groups in total. The summed E-state index contributed by atoms with van der Waals surface area (Å²) in [6.45, 7) is 2.30. The number of benzene rings is 1. The predicted octanol–water partition coefficient (Wildman–Crippen LogP) is 1.93. The van der Waals surface area contributed by atoms with Crippen molar-refractivity contribution in [2.75, 3.05) is 26.0 Å². The monoisotopic (exact) mass is 251 g/mol. The number of hydrogen-bond donors (Lipinski definition) is 1. The van der Waals surface area contributed by atoms with E-state index >= 15 is 0 Å². The molecule has 0 spiro atoms. The minimum absolute atomic E-state index is 0.264. The highest BCUT2D eigenvalue weighted by Crippen LogP contribution is 2.18. The molecule has 2 rings (SSSR count). The van der Waals surface area contributed by atoms with Crippen molar-refractivity contribution in [3.05, 3.63) is 35.4 Å². The summed E-state index contributed by atoms with van der Waals surface area (Å²) in [5.74, 6) is 2.71. The van der Waals surface area contributed by atoms with E-state index in [1.54, 1.807) is 6.07 Å². The maximum Gasteiger partial charge on any atom is 0.337 e. The second-order valence-electron chi connectivity index (χ2n) is 4.23. The topological polar surface area (TPSA) is 38.3 Å². The fourth-order valence-electron chi connectivity index (χ4n) is 1.72. The van der Waals surface area contributed by atoms with E-state index in [-0.39, 0.29) is 5.97 Å². The molecule has 0 aromatic heterocycles. The fourth-order valence-corrected chi connectivity index (χ4v) is 2.82. The molecular weight excluding hydrogens is 234 g/mol. The molecule has 1 aliphatic heterocycles. The SMILES string of the molecule is COC(=O)c1cccc(CSCC2CNC2)c1. The number of methoxy groups -OCH3 is 1. The first kappa shape index (κ1) is 12.5. The standard InChI is InChI=1S/C13H17NO2S/c1-16-13(15)12-4-2-3-10(5-12)8-17-9-11-6-14-7-11/h2-5,11,14H,6-9H2,1H3. The highest BCUT2D eigenvalue weighted by atomic mass is 32.2. The van der Waals surface area contributed by atoms with Crippen molar-refractivity contribution in [3.8, 4) is 0 Å². The van der Waals surface area contributed by atoms with Gasteiger partial charge < -0.3 is 10.1 Å². The normalized spacial score (nSPS) is 15.4. The van der Waals surface area contributed by atoms with E-state index in [0.717, 1.165) is 24.8 Å². The third-order valence-corrected chi connectivity index (χ3v) is 4.08. The Morgan fingerprint density at radius 1 is 1.53 bits per heavy atom. The summed E-state index contributed by atoms with van der Waals surface area (Å²) < 4.78 is 4.71. The summed E-state index contributed by atoms with van der Waals surface area (Å²) in [6, 6.07) is 7.67. The first-order valence-corrected chi connectivity index (χ1v) is 6.91. The molecule has 0 saturated carbocycles. The molecule has 0 unspecified atom stereocenters. The molecule has 1 fully saturated rings. The van der Waals surface area contributed by atoms with Gasteiger partial charge in [-0.1, -0.05) is 12.1 Å². The number of nitrogens with one attached hydrogen (secondary N) is 1. The number of hydrogen-bond acceptors (Lipinski definition) is 4. The summed E-state index contributed by atoms with van der Waals surface area (Å²) >= 11 is 1.93. The first-order valence-electron chi connectivity index (χ1n) is 5.75. The van der Waals surface area contributed by atoms with E-state index in [2.05, 4.69) is 11.4 Å². The van der Waals surface area contributed by atoms with Gasteiger partial charge in [0.25, 0.3) is 0 Å². The van der Waals surface area contributed by atoms with Crippen LogP contribution in [0.2, 0.25) is 0 Å². The molecule has 0 amide bonds. The third-order valence-electron chi connectivity index (χ3n) is 2.84. The Morgan fingerprint density at radius 2 is 2.35 bits per heavy atom. The number of esters is 1. The van der Waals surface area contributed by atoms with Crippen LogP contribution in [0.25, 0.3) is 0 Å². The van der Waals surface area contributed by atoms with E-state index in [1.807, 2.05) is 23.9 Å². The van der Waals surface area contributed by atoms with Gasteiger partial charge in [0.05, 0.1) is 12.7 Å². The Labute approximate surface area is 106 Å². The van der Waals surface area contributed by atoms with Gasteiger partial charge in [0, 0.05) is 5.75 Å². The van der Waals surface area contributed by atoms with Crippen molar-refractivity contribution in [2.24, 2.45) is 5.92 Å². The number of rotatable bonds is 5. The molecule has 92 valence electrons. The Hall–Kier alpha value is -1.00. The molecule has 1 aliphatic rings. The molecule has 3 nitrogen and oxygen atoms in total. The smallest absolute Gasteiger partial charge is 0.337 e. The van der Waals surface area contributed by atoms with Gasteiger partial charge in [-0.3, -0.25) is 0 Å². The molecule has 1 saturated heterocycles. The maximum atomic E-state index is 11.4. The van der Waals surface area contributed by atoms with E-state index in [9.17, 15) is 4.79 Å².